The van der Waals surface area contributed by atoms with Gasteiger partial charge in [0.1, 0.15) is 5.75 Å². The van der Waals surface area contributed by atoms with Crippen molar-refractivity contribution in [2.24, 2.45) is 0 Å². The minimum Gasteiger partial charge on any atom is -0.484 e. The number of thiazole rings is 1. The molecular weight excluding hydrogens is 296 g/mol. The first kappa shape index (κ1) is 15.0. The van der Waals surface area contributed by atoms with Crippen molar-refractivity contribution in [3.05, 3.63) is 40.4 Å². The number of carbonyl (C=O) groups is 1. The summed E-state index contributed by atoms with van der Waals surface area (Å²) in [6, 6.07) is 7.87. The molecule has 0 unspecified atom stereocenters. The molecule has 0 spiro atoms. The number of hydrogen-bond donors (Lipinski definition) is 1. The van der Waals surface area contributed by atoms with Crippen molar-refractivity contribution in [2.45, 2.75) is 39.0 Å². The van der Waals surface area contributed by atoms with Gasteiger partial charge in [-0.1, -0.05) is 26.0 Å². The molecule has 1 aromatic heterocycles. The Bertz CT molecular complexity index is 658. The number of aromatic nitrogens is 1. The van der Waals surface area contributed by atoms with Crippen LogP contribution in [0.15, 0.2) is 24.3 Å². The summed E-state index contributed by atoms with van der Waals surface area (Å²) in [5.41, 5.74) is 2.35. The topological polar surface area (TPSA) is 51.2 Å². The molecule has 1 amide bonds. The van der Waals surface area contributed by atoms with E-state index in [-0.39, 0.29) is 12.5 Å². The van der Waals surface area contributed by atoms with E-state index in [9.17, 15) is 4.79 Å². The summed E-state index contributed by atoms with van der Waals surface area (Å²) < 4.78 is 5.57. The van der Waals surface area contributed by atoms with Crippen LogP contribution in [0, 0.1) is 0 Å². The number of aryl methyl sites for hydroxylation is 2. The monoisotopic (exact) mass is 316 g/mol. The van der Waals surface area contributed by atoms with Gasteiger partial charge in [-0.25, -0.2) is 4.98 Å². The molecule has 0 radical (unpaired) electrons. The molecular formula is C17H20N2O2S. The summed E-state index contributed by atoms with van der Waals surface area (Å²) in [5, 5.41) is 3.51. The Labute approximate surface area is 134 Å². The van der Waals surface area contributed by atoms with E-state index in [1.54, 1.807) is 11.3 Å². The fourth-order valence-electron chi connectivity index (χ4n) is 2.51. The Balaban J connectivity index is 1.54. The molecule has 5 heteroatoms. The number of ether oxygens (including phenoxy) is 1. The van der Waals surface area contributed by atoms with Crippen molar-refractivity contribution in [1.29, 1.82) is 0 Å². The zero-order valence-electron chi connectivity index (χ0n) is 12.9. The van der Waals surface area contributed by atoms with Crippen LogP contribution in [0.4, 0.5) is 5.13 Å². The number of hydrogen-bond acceptors (Lipinski definition) is 4. The molecule has 2 aromatic rings. The number of anilines is 1. The highest BCUT2D eigenvalue weighted by molar-refractivity contribution is 7.15. The van der Waals surface area contributed by atoms with Crippen molar-refractivity contribution in [2.75, 3.05) is 11.9 Å². The minimum atomic E-state index is -0.164. The molecule has 116 valence electrons. The third-order valence-electron chi connectivity index (χ3n) is 3.74. The van der Waals surface area contributed by atoms with Crippen LogP contribution in [0.2, 0.25) is 0 Å². The summed E-state index contributed by atoms with van der Waals surface area (Å²) in [7, 11) is 0. The molecule has 22 heavy (non-hydrogen) atoms. The Hall–Kier alpha value is -1.88. The maximum Gasteiger partial charge on any atom is 0.264 e. The summed E-state index contributed by atoms with van der Waals surface area (Å²) in [5.74, 6) is 1.00. The van der Waals surface area contributed by atoms with Gasteiger partial charge in [0.25, 0.3) is 5.91 Å². The molecule has 1 aliphatic carbocycles. The zero-order valence-corrected chi connectivity index (χ0v) is 13.7. The number of nitrogens with one attached hydrogen (secondary N) is 1. The summed E-state index contributed by atoms with van der Waals surface area (Å²) >= 11 is 1.58. The highest BCUT2D eigenvalue weighted by atomic mass is 32.1. The number of carbonyl (C=O) groups excluding carboxylic acids is 1. The van der Waals surface area contributed by atoms with Crippen LogP contribution < -0.4 is 10.1 Å². The van der Waals surface area contributed by atoms with Crippen LogP contribution in [0.1, 0.15) is 42.3 Å². The van der Waals surface area contributed by atoms with E-state index in [2.05, 4.69) is 30.2 Å². The van der Waals surface area contributed by atoms with Gasteiger partial charge in [0, 0.05) is 4.88 Å². The average molecular weight is 316 g/mol. The smallest absolute Gasteiger partial charge is 0.264 e. The molecule has 0 atom stereocenters. The second-order valence-corrected chi connectivity index (χ2v) is 6.89. The highest BCUT2D eigenvalue weighted by Gasteiger charge is 2.17. The van der Waals surface area contributed by atoms with E-state index in [1.165, 1.54) is 16.9 Å². The van der Waals surface area contributed by atoms with Gasteiger partial charge in [-0.15, -0.1) is 11.3 Å². The number of rotatable bonds is 5. The molecule has 1 heterocycles. The summed E-state index contributed by atoms with van der Waals surface area (Å²) in [6.07, 6.45) is 3.29. The molecule has 1 aliphatic rings. The fraction of sp³-hybridized carbons (Fsp3) is 0.412. The third-order valence-corrected chi connectivity index (χ3v) is 4.81. The van der Waals surface area contributed by atoms with Crippen LogP contribution in [-0.4, -0.2) is 17.5 Å². The van der Waals surface area contributed by atoms with Gasteiger partial charge in [-0.2, -0.15) is 0 Å². The second-order valence-electron chi connectivity index (χ2n) is 5.81. The summed E-state index contributed by atoms with van der Waals surface area (Å²) in [4.78, 5) is 17.7. The van der Waals surface area contributed by atoms with Crippen LogP contribution in [0.5, 0.6) is 5.75 Å². The third kappa shape index (κ3) is 3.47. The van der Waals surface area contributed by atoms with Gasteiger partial charge in [0.05, 0.1) is 5.69 Å². The van der Waals surface area contributed by atoms with E-state index < -0.39 is 0 Å². The fourth-order valence-corrected chi connectivity index (χ4v) is 3.58. The second kappa shape index (κ2) is 6.48. The van der Waals surface area contributed by atoms with Gasteiger partial charge in [-0.05, 0) is 42.9 Å². The van der Waals surface area contributed by atoms with Crippen molar-refractivity contribution in [3.63, 3.8) is 0 Å². The standard InChI is InChI=1S/C17H20N2O2S/c1-11(2)12-5-3-6-13(9-12)21-10-16(20)19-17-18-14-7-4-8-15(14)22-17/h3,5-6,9,11H,4,7-8,10H2,1-2H3,(H,18,19,20). The van der Waals surface area contributed by atoms with E-state index in [0.29, 0.717) is 11.0 Å². The lowest BCUT2D eigenvalue weighted by molar-refractivity contribution is -0.118. The number of nitrogens with zero attached hydrogens (tertiary/aromatic N) is 1. The Morgan fingerprint density at radius 1 is 1.41 bits per heavy atom. The van der Waals surface area contributed by atoms with Crippen molar-refractivity contribution in [3.8, 4) is 5.75 Å². The lowest BCUT2D eigenvalue weighted by Gasteiger charge is -2.09. The maximum absolute atomic E-state index is 12.0. The molecule has 1 N–H and O–H groups in total. The first-order valence-electron chi connectivity index (χ1n) is 7.63. The average Bonchev–Trinajstić information content (AvgIpc) is 3.06. The van der Waals surface area contributed by atoms with Crippen molar-refractivity contribution < 1.29 is 9.53 Å². The molecule has 0 saturated carbocycles. The lowest BCUT2D eigenvalue weighted by Crippen LogP contribution is -2.20. The van der Waals surface area contributed by atoms with E-state index in [0.717, 1.165) is 24.3 Å². The SMILES string of the molecule is CC(C)c1cccc(OCC(=O)Nc2nc3c(s2)CCC3)c1. The number of amides is 1. The predicted molar refractivity (Wildman–Crippen MR) is 88.8 cm³/mol. The normalized spacial score (nSPS) is 13.2. The van der Waals surface area contributed by atoms with Gasteiger partial charge < -0.3 is 4.74 Å². The van der Waals surface area contributed by atoms with Crippen LogP contribution in [0.25, 0.3) is 0 Å². The van der Waals surface area contributed by atoms with E-state index in [1.807, 2.05) is 18.2 Å². The van der Waals surface area contributed by atoms with Crippen molar-refractivity contribution in [1.82, 2.24) is 4.98 Å². The lowest BCUT2D eigenvalue weighted by atomic mass is 10.0. The highest BCUT2D eigenvalue weighted by Crippen LogP contribution is 2.30. The molecule has 0 saturated heterocycles. The Morgan fingerprint density at radius 3 is 3.05 bits per heavy atom. The van der Waals surface area contributed by atoms with E-state index >= 15 is 0 Å². The first-order chi connectivity index (χ1) is 10.6. The maximum atomic E-state index is 12.0. The Morgan fingerprint density at radius 2 is 2.27 bits per heavy atom. The molecule has 0 aliphatic heterocycles. The predicted octanol–water partition coefficient (Wildman–Crippen LogP) is 3.77. The quantitative estimate of drug-likeness (QED) is 0.913. The minimum absolute atomic E-state index is 0.00575. The Kier molecular flexibility index (Phi) is 4.43. The van der Waals surface area contributed by atoms with Gasteiger partial charge in [-0.3, -0.25) is 10.1 Å². The van der Waals surface area contributed by atoms with Crippen LogP contribution in [-0.2, 0) is 17.6 Å². The molecule has 0 fully saturated rings. The van der Waals surface area contributed by atoms with Gasteiger partial charge in [0.15, 0.2) is 11.7 Å². The number of fused-ring (bicyclic) bond motifs is 1. The van der Waals surface area contributed by atoms with Crippen LogP contribution >= 0.6 is 11.3 Å². The van der Waals surface area contributed by atoms with Crippen molar-refractivity contribution >= 4 is 22.4 Å². The van der Waals surface area contributed by atoms with E-state index in [4.69, 9.17) is 4.74 Å². The molecule has 3 rings (SSSR count). The molecule has 4 nitrogen and oxygen atoms in total. The molecule has 1 aromatic carbocycles. The molecule has 0 bridgehead atoms. The summed E-state index contributed by atoms with van der Waals surface area (Å²) in [6.45, 7) is 4.27. The van der Waals surface area contributed by atoms with Crippen LogP contribution in [0.3, 0.4) is 0 Å². The largest absolute Gasteiger partial charge is 0.484 e. The zero-order chi connectivity index (χ0) is 15.5. The first-order valence-corrected chi connectivity index (χ1v) is 8.44. The number of benzene rings is 1. The van der Waals surface area contributed by atoms with Gasteiger partial charge in [0.2, 0.25) is 0 Å². The van der Waals surface area contributed by atoms with Gasteiger partial charge >= 0.3 is 0 Å².